The molecule has 212 valence electrons. The van der Waals surface area contributed by atoms with E-state index in [1.807, 2.05) is 4.90 Å². The normalized spacial score (nSPS) is 32.3. The molecule has 1 spiro atoms. The van der Waals surface area contributed by atoms with Crippen molar-refractivity contribution in [1.82, 2.24) is 19.6 Å². The molecule has 0 saturated carbocycles. The summed E-state index contributed by atoms with van der Waals surface area (Å²) in [7, 11) is 1.76. The van der Waals surface area contributed by atoms with Gasteiger partial charge >= 0.3 is 0 Å². The Morgan fingerprint density at radius 2 is 1.87 bits per heavy atom. The number of amides is 3. The van der Waals surface area contributed by atoms with Crippen LogP contribution in [0.3, 0.4) is 0 Å². The Morgan fingerprint density at radius 1 is 1.16 bits per heavy atom. The van der Waals surface area contributed by atoms with Crippen LogP contribution in [0.4, 0.5) is 0 Å². The summed E-state index contributed by atoms with van der Waals surface area (Å²) < 4.78 is 4.84. The number of rotatable bonds is 13. The molecule has 10 heteroatoms. The summed E-state index contributed by atoms with van der Waals surface area (Å²) in [5, 5.41) is 9.42. The quantitative estimate of drug-likeness (QED) is 0.272. The standard InChI is InChI=1S/C28H44N4O5S/c1-5-9-29(4)25(34)22-21-19-20(3)28(38-21)23(22)26(35)32(11-7-8-16-33)24(28)27(36)31(10-6-2)13-12-30-14-17-37-18-15-30/h5-6,20-24,33H,1-2,7-19H2,3-4H3/t20?,21-,22+,23-,24?,28?/m0/s1. The maximum Gasteiger partial charge on any atom is 0.247 e. The number of aliphatic hydroxyl groups is 1. The zero-order valence-electron chi connectivity index (χ0n) is 22.9. The predicted octanol–water partition coefficient (Wildman–Crippen LogP) is 1.09. The molecular weight excluding hydrogens is 504 g/mol. The van der Waals surface area contributed by atoms with Crippen molar-refractivity contribution in [2.75, 3.05) is 72.7 Å². The number of unbranched alkanes of at least 4 members (excludes halogenated alkanes) is 1. The lowest BCUT2D eigenvalue weighted by molar-refractivity contribution is -0.144. The number of carbonyl (C=O) groups excluding carboxylic acids is 3. The fraction of sp³-hybridized carbons (Fsp3) is 0.750. The maximum atomic E-state index is 14.5. The molecule has 1 N–H and O–H groups in total. The third-order valence-corrected chi connectivity index (χ3v) is 10.9. The van der Waals surface area contributed by atoms with Crippen LogP contribution in [0, 0.1) is 17.8 Å². The topological polar surface area (TPSA) is 93.6 Å². The average Bonchev–Trinajstić information content (AvgIpc) is 3.50. The fourth-order valence-electron chi connectivity index (χ4n) is 6.96. The van der Waals surface area contributed by atoms with Gasteiger partial charge in [0.05, 0.1) is 29.8 Å². The Balaban J connectivity index is 1.65. The molecule has 0 aliphatic carbocycles. The number of likely N-dealkylation sites (tertiary alicyclic amines) is 1. The molecule has 6 atom stereocenters. The fourth-order valence-corrected chi connectivity index (χ4v) is 9.37. The van der Waals surface area contributed by atoms with Crippen LogP contribution in [0.2, 0.25) is 0 Å². The van der Waals surface area contributed by atoms with Crippen molar-refractivity contribution in [3.05, 3.63) is 25.3 Å². The zero-order valence-corrected chi connectivity index (χ0v) is 23.7. The lowest BCUT2D eigenvalue weighted by atomic mass is 9.65. The van der Waals surface area contributed by atoms with Gasteiger partial charge in [0.15, 0.2) is 0 Å². The molecule has 38 heavy (non-hydrogen) atoms. The number of morpholine rings is 1. The number of likely N-dealkylation sites (N-methyl/N-ethyl adjacent to an activating group) is 1. The molecule has 4 rings (SSSR count). The Morgan fingerprint density at radius 3 is 2.53 bits per heavy atom. The van der Waals surface area contributed by atoms with Crippen molar-refractivity contribution in [1.29, 1.82) is 0 Å². The van der Waals surface area contributed by atoms with Crippen LogP contribution in [0.25, 0.3) is 0 Å². The largest absolute Gasteiger partial charge is 0.396 e. The van der Waals surface area contributed by atoms with Crippen molar-refractivity contribution >= 4 is 29.5 Å². The molecule has 2 bridgehead atoms. The first-order valence-corrected chi connectivity index (χ1v) is 14.8. The summed E-state index contributed by atoms with van der Waals surface area (Å²) in [6.07, 6.45) is 5.43. The van der Waals surface area contributed by atoms with Gasteiger partial charge in [0, 0.05) is 64.7 Å². The van der Waals surface area contributed by atoms with Crippen LogP contribution < -0.4 is 0 Å². The van der Waals surface area contributed by atoms with Crippen LogP contribution in [-0.4, -0.2) is 131 Å². The highest BCUT2D eigenvalue weighted by Crippen LogP contribution is 2.68. The summed E-state index contributed by atoms with van der Waals surface area (Å²) in [4.78, 5) is 49.8. The molecule has 4 fully saturated rings. The Kier molecular flexibility index (Phi) is 9.60. The van der Waals surface area contributed by atoms with E-state index in [-0.39, 0.29) is 35.5 Å². The second kappa shape index (κ2) is 12.5. The number of ether oxygens (including phenoxy) is 1. The second-order valence-electron chi connectivity index (χ2n) is 11.0. The van der Waals surface area contributed by atoms with E-state index in [2.05, 4.69) is 25.0 Å². The van der Waals surface area contributed by atoms with Gasteiger partial charge in [0.25, 0.3) is 0 Å². The number of nitrogens with zero attached hydrogens (tertiary/aromatic N) is 4. The van der Waals surface area contributed by atoms with Crippen LogP contribution in [0.5, 0.6) is 0 Å². The molecule has 4 saturated heterocycles. The van der Waals surface area contributed by atoms with Crippen LogP contribution in [0.1, 0.15) is 26.2 Å². The predicted molar refractivity (Wildman–Crippen MR) is 149 cm³/mol. The molecule has 0 aromatic rings. The summed E-state index contributed by atoms with van der Waals surface area (Å²) in [5.41, 5.74) is 0. The van der Waals surface area contributed by atoms with Crippen molar-refractivity contribution < 1.29 is 24.2 Å². The summed E-state index contributed by atoms with van der Waals surface area (Å²) in [6, 6.07) is -0.629. The Labute approximate surface area is 231 Å². The Hall–Kier alpha value is -1.88. The zero-order chi connectivity index (χ0) is 27.4. The molecular formula is C28H44N4O5S. The number of aliphatic hydroxyl groups excluding tert-OH is 1. The van der Waals surface area contributed by atoms with Gasteiger partial charge in [-0.1, -0.05) is 19.1 Å². The smallest absolute Gasteiger partial charge is 0.247 e. The van der Waals surface area contributed by atoms with E-state index in [4.69, 9.17) is 4.74 Å². The first kappa shape index (κ1) is 29.1. The van der Waals surface area contributed by atoms with Gasteiger partial charge < -0.3 is 24.5 Å². The number of fused-ring (bicyclic) bond motifs is 1. The van der Waals surface area contributed by atoms with Crippen LogP contribution in [0.15, 0.2) is 25.3 Å². The maximum absolute atomic E-state index is 14.5. The first-order valence-electron chi connectivity index (χ1n) is 14.0. The SMILES string of the molecule is C=CCN(C)C(=O)[C@@H]1[C@@H]2CC(C)C3(S2)C(C(=O)N(CC=C)CCN2CCOCC2)N(CCCCO)C(=O)[C@H]13. The minimum absolute atomic E-state index is 0.0230. The van der Waals surface area contributed by atoms with Gasteiger partial charge in [-0.25, -0.2) is 0 Å². The molecule has 3 unspecified atom stereocenters. The van der Waals surface area contributed by atoms with Gasteiger partial charge in [-0.2, -0.15) is 0 Å². The minimum atomic E-state index is -0.633. The van der Waals surface area contributed by atoms with Gasteiger partial charge in [-0.3, -0.25) is 19.3 Å². The minimum Gasteiger partial charge on any atom is -0.396 e. The van der Waals surface area contributed by atoms with E-state index >= 15 is 0 Å². The van der Waals surface area contributed by atoms with E-state index in [1.54, 1.807) is 40.8 Å². The lowest BCUT2D eigenvalue weighted by Gasteiger charge is -2.41. The highest BCUT2D eigenvalue weighted by atomic mass is 32.2. The Bertz CT molecular complexity index is 912. The number of hydrogen-bond acceptors (Lipinski definition) is 7. The molecule has 4 aliphatic rings. The van der Waals surface area contributed by atoms with Crippen molar-refractivity contribution in [2.45, 2.75) is 42.2 Å². The molecule has 0 radical (unpaired) electrons. The second-order valence-corrected chi connectivity index (χ2v) is 12.6. The van der Waals surface area contributed by atoms with Crippen molar-refractivity contribution in [2.24, 2.45) is 17.8 Å². The molecule has 4 aliphatic heterocycles. The first-order chi connectivity index (χ1) is 18.3. The summed E-state index contributed by atoms with van der Waals surface area (Å²) in [5.74, 6) is -0.998. The number of thioether (sulfide) groups is 1. The molecule has 4 heterocycles. The van der Waals surface area contributed by atoms with Gasteiger partial charge in [0.2, 0.25) is 17.7 Å². The van der Waals surface area contributed by atoms with Crippen molar-refractivity contribution in [3.8, 4) is 0 Å². The van der Waals surface area contributed by atoms with E-state index in [0.29, 0.717) is 52.2 Å². The van der Waals surface area contributed by atoms with Gasteiger partial charge in [-0.05, 0) is 25.2 Å². The molecule has 3 amide bonds. The molecule has 0 aromatic heterocycles. The summed E-state index contributed by atoms with van der Waals surface area (Å²) in [6.45, 7) is 15.4. The van der Waals surface area contributed by atoms with E-state index in [9.17, 15) is 19.5 Å². The van der Waals surface area contributed by atoms with Gasteiger partial charge in [0.1, 0.15) is 6.04 Å². The molecule has 0 aromatic carbocycles. The van der Waals surface area contributed by atoms with Crippen LogP contribution in [-0.2, 0) is 19.1 Å². The third-order valence-electron chi connectivity index (χ3n) is 8.80. The number of carbonyl (C=O) groups is 3. The van der Waals surface area contributed by atoms with E-state index in [1.165, 1.54) is 0 Å². The summed E-state index contributed by atoms with van der Waals surface area (Å²) >= 11 is 1.71. The monoisotopic (exact) mass is 548 g/mol. The molecule has 9 nitrogen and oxygen atoms in total. The lowest BCUT2D eigenvalue weighted by Crippen LogP contribution is -2.58. The average molecular weight is 549 g/mol. The van der Waals surface area contributed by atoms with E-state index < -0.39 is 22.6 Å². The van der Waals surface area contributed by atoms with Crippen molar-refractivity contribution in [3.63, 3.8) is 0 Å². The van der Waals surface area contributed by atoms with Gasteiger partial charge in [-0.15, -0.1) is 24.9 Å². The third kappa shape index (κ3) is 5.17. The number of hydrogen-bond donors (Lipinski definition) is 1. The highest BCUT2D eigenvalue weighted by molar-refractivity contribution is 8.02. The van der Waals surface area contributed by atoms with E-state index in [0.717, 1.165) is 26.1 Å². The van der Waals surface area contributed by atoms with Crippen LogP contribution >= 0.6 is 11.8 Å². The highest BCUT2D eigenvalue weighted by Gasteiger charge is 2.76.